The molecule has 0 bridgehead atoms. The van der Waals surface area contributed by atoms with Crippen LogP contribution in [0.15, 0.2) is 18.2 Å². The van der Waals surface area contributed by atoms with Gasteiger partial charge in [0.2, 0.25) is 0 Å². The van der Waals surface area contributed by atoms with E-state index in [2.05, 4.69) is 10.3 Å². The molecule has 1 aliphatic heterocycles. The molecule has 0 aliphatic carbocycles. The minimum absolute atomic E-state index is 0.176. The number of hydrogen-bond donors (Lipinski definition) is 2. The lowest BCUT2D eigenvalue weighted by atomic mass is 10.0. The highest BCUT2D eigenvalue weighted by atomic mass is 16.5. The number of hydrogen-bond acceptors (Lipinski definition) is 5. The number of aromatic amines is 1. The van der Waals surface area contributed by atoms with Gasteiger partial charge in [-0.05, 0) is 57.6 Å². The number of rotatable bonds is 6. The number of amides is 3. The van der Waals surface area contributed by atoms with Crippen LogP contribution in [0, 0.1) is 0 Å². The van der Waals surface area contributed by atoms with Gasteiger partial charge in [0.15, 0.2) is 0 Å². The first-order valence-corrected chi connectivity index (χ1v) is 9.14. The molecule has 0 saturated carbocycles. The molecule has 0 unspecified atom stereocenters. The number of ether oxygens (including phenoxy) is 1. The van der Waals surface area contributed by atoms with Crippen LogP contribution < -0.4 is 5.32 Å². The minimum Gasteiger partial charge on any atom is -0.464 e. The van der Waals surface area contributed by atoms with Gasteiger partial charge >= 0.3 is 12.0 Å². The zero-order valence-electron chi connectivity index (χ0n) is 16.9. The zero-order chi connectivity index (χ0) is 20.6. The molecule has 2 aromatic rings. The van der Waals surface area contributed by atoms with Crippen molar-refractivity contribution in [3.05, 3.63) is 35.0 Å². The van der Waals surface area contributed by atoms with Gasteiger partial charge in [0.25, 0.3) is 5.91 Å². The SMILES string of the molecule is COC(=O)c1[nH]c2ccc(CN3C(=O)NC(C)(C)C3=O)cc2c1CCN(C)C. The maximum Gasteiger partial charge on any atom is 0.354 e. The van der Waals surface area contributed by atoms with Gasteiger partial charge in [-0.2, -0.15) is 0 Å². The molecule has 1 aliphatic rings. The summed E-state index contributed by atoms with van der Waals surface area (Å²) < 4.78 is 4.91. The maximum atomic E-state index is 12.5. The second-order valence-corrected chi connectivity index (χ2v) is 7.85. The lowest BCUT2D eigenvalue weighted by molar-refractivity contribution is -0.130. The molecule has 0 spiro atoms. The molecule has 3 amide bonds. The van der Waals surface area contributed by atoms with Crippen molar-refractivity contribution >= 4 is 28.8 Å². The van der Waals surface area contributed by atoms with Gasteiger partial charge in [-0.25, -0.2) is 9.59 Å². The number of imide groups is 1. The summed E-state index contributed by atoms with van der Waals surface area (Å²) in [5.74, 6) is -0.669. The Labute approximate surface area is 163 Å². The van der Waals surface area contributed by atoms with Crippen LogP contribution in [-0.4, -0.2) is 66.0 Å². The first-order chi connectivity index (χ1) is 13.1. The molecule has 8 heteroatoms. The Morgan fingerprint density at radius 1 is 1.25 bits per heavy atom. The van der Waals surface area contributed by atoms with Crippen molar-refractivity contribution in [1.82, 2.24) is 20.1 Å². The fourth-order valence-corrected chi connectivity index (χ4v) is 3.41. The summed E-state index contributed by atoms with van der Waals surface area (Å²) >= 11 is 0. The molecule has 1 fully saturated rings. The summed E-state index contributed by atoms with van der Waals surface area (Å²) in [6, 6.07) is 5.24. The Morgan fingerprint density at radius 3 is 2.54 bits per heavy atom. The quantitative estimate of drug-likeness (QED) is 0.584. The molecular weight excluding hydrogens is 360 g/mol. The van der Waals surface area contributed by atoms with Crippen molar-refractivity contribution in [3.63, 3.8) is 0 Å². The summed E-state index contributed by atoms with van der Waals surface area (Å²) in [5.41, 5.74) is 2.04. The fourth-order valence-electron chi connectivity index (χ4n) is 3.41. The highest BCUT2D eigenvalue weighted by Gasteiger charge is 2.44. The number of fused-ring (bicyclic) bond motifs is 1. The van der Waals surface area contributed by atoms with Crippen LogP contribution in [0.5, 0.6) is 0 Å². The molecular formula is C20H26N4O4. The number of nitrogens with one attached hydrogen (secondary N) is 2. The van der Waals surface area contributed by atoms with Crippen molar-refractivity contribution in [2.24, 2.45) is 0 Å². The molecule has 0 atom stereocenters. The van der Waals surface area contributed by atoms with Crippen LogP contribution in [0.1, 0.15) is 35.5 Å². The molecule has 0 radical (unpaired) electrons. The molecule has 8 nitrogen and oxygen atoms in total. The number of benzene rings is 1. The number of likely N-dealkylation sites (N-methyl/N-ethyl adjacent to an activating group) is 1. The molecule has 1 aromatic carbocycles. The van der Waals surface area contributed by atoms with Crippen LogP contribution in [0.2, 0.25) is 0 Å². The number of methoxy groups -OCH3 is 1. The van der Waals surface area contributed by atoms with Crippen LogP contribution in [-0.2, 0) is 22.5 Å². The first-order valence-electron chi connectivity index (χ1n) is 9.14. The Hall–Kier alpha value is -2.87. The number of carbonyl (C=O) groups excluding carboxylic acids is 3. The van der Waals surface area contributed by atoms with E-state index in [0.717, 1.165) is 28.6 Å². The Kier molecular flexibility index (Phi) is 5.16. The largest absolute Gasteiger partial charge is 0.464 e. The van der Waals surface area contributed by atoms with Gasteiger partial charge in [-0.1, -0.05) is 6.07 Å². The van der Waals surface area contributed by atoms with E-state index in [9.17, 15) is 14.4 Å². The number of aromatic nitrogens is 1. The Balaban J connectivity index is 1.98. The summed E-state index contributed by atoms with van der Waals surface area (Å²) in [6.07, 6.45) is 0.664. The van der Waals surface area contributed by atoms with Gasteiger partial charge in [0.1, 0.15) is 11.2 Å². The van der Waals surface area contributed by atoms with E-state index < -0.39 is 17.5 Å². The number of H-pyrrole nitrogens is 1. The molecule has 3 rings (SSSR count). The predicted octanol–water partition coefficient (Wildman–Crippen LogP) is 1.89. The van der Waals surface area contributed by atoms with Crippen molar-refractivity contribution in [1.29, 1.82) is 0 Å². The van der Waals surface area contributed by atoms with Crippen LogP contribution in [0.4, 0.5) is 4.79 Å². The fraction of sp³-hybridized carbons (Fsp3) is 0.450. The highest BCUT2D eigenvalue weighted by molar-refractivity contribution is 6.06. The normalized spacial score (nSPS) is 16.1. The number of urea groups is 1. The number of carbonyl (C=O) groups is 3. The van der Waals surface area contributed by atoms with Crippen molar-refractivity contribution in [2.75, 3.05) is 27.7 Å². The Bertz CT molecular complexity index is 945. The summed E-state index contributed by atoms with van der Waals surface area (Å²) in [6.45, 7) is 4.31. The molecule has 150 valence electrons. The van der Waals surface area contributed by atoms with Gasteiger partial charge in [0.05, 0.1) is 13.7 Å². The van der Waals surface area contributed by atoms with Crippen LogP contribution in [0.3, 0.4) is 0 Å². The zero-order valence-corrected chi connectivity index (χ0v) is 16.9. The molecule has 2 heterocycles. The second kappa shape index (κ2) is 7.27. The third-order valence-electron chi connectivity index (χ3n) is 4.95. The third-order valence-corrected chi connectivity index (χ3v) is 4.95. The van der Waals surface area contributed by atoms with Gasteiger partial charge in [-0.15, -0.1) is 0 Å². The molecule has 28 heavy (non-hydrogen) atoms. The van der Waals surface area contributed by atoms with Gasteiger partial charge < -0.3 is 19.9 Å². The van der Waals surface area contributed by atoms with Crippen molar-refractivity contribution < 1.29 is 19.1 Å². The van der Waals surface area contributed by atoms with Crippen molar-refractivity contribution in [2.45, 2.75) is 32.4 Å². The average Bonchev–Trinajstić information content (AvgIpc) is 3.08. The lowest BCUT2D eigenvalue weighted by Crippen LogP contribution is -2.40. The van der Waals surface area contributed by atoms with E-state index in [0.29, 0.717) is 12.1 Å². The van der Waals surface area contributed by atoms with Crippen LogP contribution >= 0.6 is 0 Å². The second-order valence-electron chi connectivity index (χ2n) is 7.85. The topological polar surface area (TPSA) is 94.7 Å². The molecule has 1 aromatic heterocycles. The first kappa shape index (κ1) is 19.9. The number of nitrogens with zero attached hydrogens (tertiary/aromatic N) is 2. The van der Waals surface area contributed by atoms with E-state index in [1.807, 2.05) is 37.2 Å². The molecule has 1 saturated heterocycles. The van der Waals surface area contributed by atoms with Crippen LogP contribution in [0.25, 0.3) is 10.9 Å². The summed E-state index contributed by atoms with van der Waals surface area (Å²) in [5, 5.41) is 3.58. The van der Waals surface area contributed by atoms with E-state index in [4.69, 9.17) is 4.74 Å². The minimum atomic E-state index is -0.899. The van der Waals surface area contributed by atoms with E-state index in [-0.39, 0.29) is 12.5 Å². The average molecular weight is 386 g/mol. The monoisotopic (exact) mass is 386 g/mol. The smallest absolute Gasteiger partial charge is 0.354 e. The van der Waals surface area contributed by atoms with E-state index in [1.54, 1.807) is 13.8 Å². The third kappa shape index (κ3) is 3.60. The van der Waals surface area contributed by atoms with E-state index >= 15 is 0 Å². The Morgan fingerprint density at radius 2 is 1.96 bits per heavy atom. The predicted molar refractivity (Wildman–Crippen MR) is 105 cm³/mol. The molecule has 2 N–H and O–H groups in total. The maximum absolute atomic E-state index is 12.5. The van der Waals surface area contributed by atoms with Gasteiger partial charge in [-0.3, -0.25) is 9.69 Å². The standard InChI is InChI=1S/C20H26N4O4/c1-20(2)18(26)24(19(27)22-20)11-12-6-7-15-14(10-12)13(8-9-23(3)4)16(21-15)17(25)28-5/h6-7,10,21H,8-9,11H2,1-5H3,(H,22,27). The van der Waals surface area contributed by atoms with Crippen molar-refractivity contribution in [3.8, 4) is 0 Å². The number of esters is 1. The summed E-state index contributed by atoms with van der Waals surface area (Å²) in [7, 11) is 5.29. The summed E-state index contributed by atoms with van der Waals surface area (Å²) in [4.78, 5) is 43.2. The highest BCUT2D eigenvalue weighted by Crippen LogP contribution is 2.27. The van der Waals surface area contributed by atoms with Gasteiger partial charge in [0, 0.05) is 17.4 Å². The van der Waals surface area contributed by atoms with E-state index in [1.165, 1.54) is 12.0 Å². The lowest BCUT2D eigenvalue weighted by Gasteiger charge is -2.16.